The van der Waals surface area contributed by atoms with Crippen molar-refractivity contribution in [1.29, 1.82) is 0 Å². The van der Waals surface area contributed by atoms with E-state index in [-0.39, 0.29) is 0 Å². The molecule has 1 aliphatic carbocycles. The Labute approximate surface area is 117 Å². The molecule has 2 unspecified atom stereocenters. The van der Waals surface area contributed by atoms with Gasteiger partial charge in [0, 0.05) is 31.4 Å². The van der Waals surface area contributed by atoms with Gasteiger partial charge in [-0.05, 0) is 31.1 Å². The van der Waals surface area contributed by atoms with Gasteiger partial charge in [0.2, 0.25) is 0 Å². The number of nitrogens with zero attached hydrogens (tertiary/aromatic N) is 2. The minimum Gasteiger partial charge on any atom is -0.310 e. The van der Waals surface area contributed by atoms with Crippen LogP contribution in [-0.4, -0.2) is 15.8 Å². The van der Waals surface area contributed by atoms with Crippen LogP contribution in [-0.2, 0) is 13.6 Å². The fraction of sp³-hybridized carbons (Fsp3) is 0.812. The van der Waals surface area contributed by atoms with Crippen LogP contribution in [0.1, 0.15) is 57.7 Å². The van der Waals surface area contributed by atoms with Crippen LogP contribution in [0.3, 0.4) is 0 Å². The molecule has 1 heterocycles. The van der Waals surface area contributed by atoms with Gasteiger partial charge in [0.05, 0.1) is 5.69 Å². The van der Waals surface area contributed by atoms with Crippen molar-refractivity contribution >= 4 is 0 Å². The molecule has 1 fully saturated rings. The Hall–Kier alpha value is -0.830. The van der Waals surface area contributed by atoms with Crippen molar-refractivity contribution in [3.8, 4) is 0 Å². The number of hydrogen-bond acceptors (Lipinski definition) is 2. The van der Waals surface area contributed by atoms with Crippen molar-refractivity contribution in [2.24, 2.45) is 18.4 Å². The van der Waals surface area contributed by atoms with E-state index >= 15 is 0 Å². The molecule has 1 aliphatic rings. The van der Waals surface area contributed by atoms with Gasteiger partial charge < -0.3 is 5.32 Å². The van der Waals surface area contributed by atoms with Crippen LogP contribution in [0.2, 0.25) is 0 Å². The topological polar surface area (TPSA) is 29.9 Å². The number of aryl methyl sites for hydroxylation is 2. The van der Waals surface area contributed by atoms with Crippen molar-refractivity contribution in [3.05, 3.63) is 17.5 Å². The van der Waals surface area contributed by atoms with Gasteiger partial charge in [0.1, 0.15) is 0 Å². The van der Waals surface area contributed by atoms with Gasteiger partial charge in [0.15, 0.2) is 0 Å². The van der Waals surface area contributed by atoms with Gasteiger partial charge in [-0.2, -0.15) is 5.10 Å². The zero-order chi connectivity index (χ0) is 14.0. The van der Waals surface area contributed by atoms with Crippen molar-refractivity contribution in [2.75, 3.05) is 0 Å². The molecule has 2 atom stereocenters. The second kappa shape index (κ2) is 5.66. The molecule has 0 aromatic carbocycles. The molecule has 1 N–H and O–H groups in total. The molecule has 1 aromatic heterocycles. The predicted octanol–water partition coefficient (Wildman–Crippen LogP) is 3.42. The van der Waals surface area contributed by atoms with E-state index < -0.39 is 0 Å². The second-order valence-electron chi connectivity index (χ2n) is 7.16. The lowest BCUT2D eigenvalue weighted by Crippen LogP contribution is -2.43. The maximum Gasteiger partial charge on any atom is 0.0638 e. The van der Waals surface area contributed by atoms with Gasteiger partial charge in [0.25, 0.3) is 0 Å². The lowest BCUT2D eigenvalue weighted by atomic mass is 9.69. The quantitative estimate of drug-likeness (QED) is 0.905. The largest absolute Gasteiger partial charge is 0.310 e. The lowest BCUT2D eigenvalue weighted by molar-refractivity contribution is 0.130. The van der Waals surface area contributed by atoms with E-state index in [1.165, 1.54) is 31.2 Å². The average Bonchev–Trinajstić information content (AvgIpc) is 2.64. The van der Waals surface area contributed by atoms with E-state index in [9.17, 15) is 0 Å². The summed E-state index contributed by atoms with van der Waals surface area (Å²) in [5, 5.41) is 8.21. The monoisotopic (exact) mass is 263 g/mol. The standard InChI is InChI=1S/C16H29N3/c1-12-13(11-19(5)18-12)10-17-15-9-7-6-8-14(15)16(2,3)4/h11,14-15,17H,6-10H2,1-5H3. The summed E-state index contributed by atoms with van der Waals surface area (Å²) in [6.45, 7) is 10.2. The van der Waals surface area contributed by atoms with Crippen LogP contribution < -0.4 is 5.32 Å². The maximum absolute atomic E-state index is 4.42. The summed E-state index contributed by atoms with van der Waals surface area (Å²) < 4.78 is 1.91. The summed E-state index contributed by atoms with van der Waals surface area (Å²) in [6, 6.07) is 0.661. The number of aromatic nitrogens is 2. The van der Waals surface area contributed by atoms with Crippen molar-refractivity contribution in [2.45, 2.75) is 66.0 Å². The van der Waals surface area contributed by atoms with Crippen LogP contribution in [0.25, 0.3) is 0 Å². The third kappa shape index (κ3) is 3.59. The number of nitrogens with one attached hydrogen (secondary N) is 1. The summed E-state index contributed by atoms with van der Waals surface area (Å²) in [5.74, 6) is 0.790. The molecular formula is C16H29N3. The molecule has 2 rings (SSSR count). The highest BCUT2D eigenvalue weighted by Gasteiger charge is 2.33. The minimum absolute atomic E-state index is 0.405. The Bertz CT molecular complexity index is 414. The van der Waals surface area contributed by atoms with E-state index in [0.29, 0.717) is 11.5 Å². The Kier molecular flexibility index (Phi) is 4.34. The summed E-state index contributed by atoms with van der Waals surface area (Å²) in [6.07, 6.45) is 7.59. The van der Waals surface area contributed by atoms with E-state index in [1.807, 2.05) is 11.7 Å². The average molecular weight is 263 g/mol. The molecule has 0 bridgehead atoms. The summed E-state index contributed by atoms with van der Waals surface area (Å²) in [7, 11) is 2.00. The first kappa shape index (κ1) is 14.6. The van der Waals surface area contributed by atoms with Gasteiger partial charge in [-0.3, -0.25) is 4.68 Å². The zero-order valence-electron chi connectivity index (χ0n) is 13.2. The molecular weight excluding hydrogens is 234 g/mol. The van der Waals surface area contributed by atoms with Crippen LogP contribution in [0.5, 0.6) is 0 Å². The molecule has 3 heteroatoms. The summed E-state index contributed by atoms with van der Waals surface area (Å²) >= 11 is 0. The number of hydrogen-bond donors (Lipinski definition) is 1. The van der Waals surface area contributed by atoms with E-state index in [4.69, 9.17) is 0 Å². The van der Waals surface area contributed by atoms with Gasteiger partial charge in [-0.1, -0.05) is 33.6 Å². The molecule has 3 nitrogen and oxygen atoms in total. The third-order valence-corrected chi connectivity index (χ3v) is 4.55. The first-order chi connectivity index (χ1) is 8.88. The van der Waals surface area contributed by atoms with E-state index in [1.54, 1.807) is 0 Å². The fourth-order valence-corrected chi connectivity index (χ4v) is 3.48. The highest BCUT2D eigenvalue weighted by Crippen LogP contribution is 2.38. The first-order valence-corrected chi connectivity index (χ1v) is 7.60. The summed E-state index contributed by atoms with van der Waals surface area (Å²) in [5.41, 5.74) is 2.89. The lowest BCUT2D eigenvalue weighted by Gasteiger charge is -2.41. The molecule has 1 saturated carbocycles. The Morgan fingerprint density at radius 1 is 1.32 bits per heavy atom. The molecule has 0 aliphatic heterocycles. The molecule has 0 saturated heterocycles. The maximum atomic E-state index is 4.42. The Morgan fingerprint density at radius 3 is 2.58 bits per heavy atom. The normalized spacial score (nSPS) is 24.7. The Morgan fingerprint density at radius 2 is 2.00 bits per heavy atom. The van der Waals surface area contributed by atoms with E-state index in [0.717, 1.165) is 18.2 Å². The fourth-order valence-electron chi connectivity index (χ4n) is 3.48. The molecule has 19 heavy (non-hydrogen) atoms. The smallest absolute Gasteiger partial charge is 0.0638 e. The van der Waals surface area contributed by atoms with Gasteiger partial charge in [-0.25, -0.2) is 0 Å². The summed E-state index contributed by atoms with van der Waals surface area (Å²) in [4.78, 5) is 0. The van der Waals surface area contributed by atoms with Crippen molar-refractivity contribution in [1.82, 2.24) is 15.1 Å². The van der Waals surface area contributed by atoms with Crippen molar-refractivity contribution in [3.63, 3.8) is 0 Å². The highest BCUT2D eigenvalue weighted by molar-refractivity contribution is 5.15. The van der Waals surface area contributed by atoms with Crippen LogP contribution in [0, 0.1) is 18.3 Å². The predicted molar refractivity (Wildman–Crippen MR) is 80.0 cm³/mol. The van der Waals surface area contributed by atoms with Gasteiger partial charge in [-0.15, -0.1) is 0 Å². The van der Waals surface area contributed by atoms with Gasteiger partial charge >= 0.3 is 0 Å². The molecule has 1 aromatic rings. The second-order valence-corrected chi connectivity index (χ2v) is 7.16. The van der Waals surface area contributed by atoms with Crippen LogP contribution in [0.15, 0.2) is 6.20 Å². The van der Waals surface area contributed by atoms with E-state index in [2.05, 4.69) is 44.3 Å². The molecule has 0 spiro atoms. The highest BCUT2D eigenvalue weighted by atomic mass is 15.3. The van der Waals surface area contributed by atoms with Crippen molar-refractivity contribution < 1.29 is 0 Å². The molecule has 0 radical (unpaired) electrons. The molecule has 108 valence electrons. The minimum atomic E-state index is 0.405. The SMILES string of the molecule is Cc1nn(C)cc1CNC1CCCCC1C(C)(C)C. The number of rotatable bonds is 3. The molecule has 0 amide bonds. The zero-order valence-corrected chi connectivity index (χ0v) is 13.2. The van der Waals surface area contributed by atoms with Crippen LogP contribution in [0.4, 0.5) is 0 Å². The Balaban J connectivity index is 1.98. The van der Waals surface area contributed by atoms with Crippen LogP contribution >= 0.6 is 0 Å². The third-order valence-electron chi connectivity index (χ3n) is 4.55. The first-order valence-electron chi connectivity index (χ1n) is 7.60.